The Bertz CT molecular complexity index is 794. The highest BCUT2D eigenvalue weighted by Gasteiger charge is 2.19. The van der Waals surface area contributed by atoms with E-state index in [9.17, 15) is 9.59 Å². The van der Waals surface area contributed by atoms with Crippen LogP contribution in [0.25, 0.3) is 6.08 Å². The van der Waals surface area contributed by atoms with Crippen molar-refractivity contribution in [3.05, 3.63) is 57.9 Å². The summed E-state index contributed by atoms with van der Waals surface area (Å²) >= 11 is 1.49. The van der Waals surface area contributed by atoms with Crippen LogP contribution in [0.4, 0.5) is 0 Å². The lowest BCUT2D eigenvalue weighted by molar-refractivity contribution is -0.118. The highest BCUT2D eigenvalue weighted by Crippen LogP contribution is 2.15. The summed E-state index contributed by atoms with van der Waals surface area (Å²) in [5.41, 5.74) is 0.649. The van der Waals surface area contributed by atoms with Gasteiger partial charge in [0, 0.05) is 23.6 Å². The molecule has 0 bridgehead atoms. The van der Waals surface area contributed by atoms with Crippen molar-refractivity contribution in [2.24, 2.45) is 0 Å². The first kappa shape index (κ1) is 19.1. The number of benzene rings is 1. The molecule has 2 aromatic rings. The van der Waals surface area contributed by atoms with Gasteiger partial charge in [0.15, 0.2) is 0 Å². The molecule has 142 valence electrons. The van der Waals surface area contributed by atoms with E-state index < -0.39 is 0 Å². The molecule has 7 heteroatoms. The number of thiophene rings is 1. The molecule has 1 aromatic heterocycles. The molecule has 1 fully saturated rings. The molecule has 0 spiro atoms. The summed E-state index contributed by atoms with van der Waals surface area (Å²) in [6.07, 6.45) is 3.65. The SMILES string of the molecule is COc1ccc(C(=O)N/C(=C\c2cccs2)C(=O)NCC2CCCO2)cc1. The van der Waals surface area contributed by atoms with Crippen molar-refractivity contribution in [3.63, 3.8) is 0 Å². The molecule has 1 saturated heterocycles. The van der Waals surface area contributed by atoms with Crippen LogP contribution in [-0.4, -0.2) is 38.2 Å². The molecule has 0 radical (unpaired) electrons. The van der Waals surface area contributed by atoms with Crippen LogP contribution in [0.3, 0.4) is 0 Å². The Hall–Kier alpha value is -2.64. The fourth-order valence-electron chi connectivity index (χ4n) is 2.72. The fourth-order valence-corrected chi connectivity index (χ4v) is 3.38. The summed E-state index contributed by atoms with van der Waals surface area (Å²) in [6, 6.07) is 10.5. The zero-order valence-electron chi connectivity index (χ0n) is 15.1. The van der Waals surface area contributed by atoms with Gasteiger partial charge in [0.05, 0.1) is 13.2 Å². The molecular formula is C20H22N2O4S. The van der Waals surface area contributed by atoms with Gasteiger partial charge in [0.25, 0.3) is 11.8 Å². The zero-order valence-corrected chi connectivity index (χ0v) is 15.9. The summed E-state index contributed by atoms with van der Waals surface area (Å²) in [5.74, 6) is -0.0244. The Labute approximate surface area is 162 Å². The van der Waals surface area contributed by atoms with E-state index in [1.807, 2.05) is 17.5 Å². The van der Waals surface area contributed by atoms with Gasteiger partial charge in [-0.05, 0) is 54.6 Å². The van der Waals surface area contributed by atoms with Gasteiger partial charge in [-0.2, -0.15) is 0 Å². The molecule has 0 aliphatic carbocycles. The molecule has 1 aliphatic heterocycles. The number of amides is 2. The number of rotatable bonds is 7. The maximum Gasteiger partial charge on any atom is 0.267 e. The van der Waals surface area contributed by atoms with E-state index in [1.165, 1.54) is 11.3 Å². The number of ether oxygens (including phenoxy) is 2. The van der Waals surface area contributed by atoms with Gasteiger partial charge in [-0.1, -0.05) is 6.07 Å². The normalized spacial score (nSPS) is 16.8. The van der Waals surface area contributed by atoms with Gasteiger partial charge in [-0.3, -0.25) is 9.59 Å². The zero-order chi connectivity index (χ0) is 19.1. The van der Waals surface area contributed by atoms with Crippen LogP contribution < -0.4 is 15.4 Å². The van der Waals surface area contributed by atoms with Crippen molar-refractivity contribution in [2.75, 3.05) is 20.3 Å². The van der Waals surface area contributed by atoms with Crippen molar-refractivity contribution in [1.29, 1.82) is 0 Å². The molecule has 27 heavy (non-hydrogen) atoms. The molecule has 2 N–H and O–H groups in total. The Morgan fingerprint density at radius 1 is 1.30 bits per heavy atom. The van der Waals surface area contributed by atoms with E-state index in [0.29, 0.717) is 17.9 Å². The number of methoxy groups -OCH3 is 1. The van der Waals surface area contributed by atoms with E-state index in [4.69, 9.17) is 9.47 Å². The minimum atomic E-state index is -0.354. The van der Waals surface area contributed by atoms with Gasteiger partial charge in [-0.15, -0.1) is 11.3 Å². The average Bonchev–Trinajstić information content (AvgIpc) is 3.39. The third-order valence-electron chi connectivity index (χ3n) is 4.19. The molecule has 1 unspecified atom stereocenters. The lowest BCUT2D eigenvalue weighted by Gasteiger charge is -2.14. The van der Waals surface area contributed by atoms with Gasteiger partial charge in [-0.25, -0.2) is 0 Å². The molecule has 0 saturated carbocycles. The first-order valence-corrected chi connectivity index (χ1v) is 9.64. The quantitative estimate of drug-likeness (QED) is 0.718. The van der Waals surface area contributed by atoms with E-state index in [2.05, 4.69) is 10.6 Å². The smallest absolute Gasteiger partial charge is 0.267 e. The van der Waals surface area contributed by atoms with Crippen LogP contribution in [0.1, 0.15) is 28.1 Å². The molecule has 1 aliphatic rings. The molecular weight excluding hydrogens is 364 g/mol. The van der Waals surface area contributed by atoms with Gasteiger partial charge in [0.1, 0.15) is 11.4 Å². The molecule has 1 atom stereocenters. The van der Waals surface area contributed by atoms with Crippen LogP contribution in [0.2, 0.25) is 0 Å². The largest absolute Gasteiger partial charge is 0.497 e. The van der Waals surface area contributed by atoms with E-state index in [0.717, 1.165) is 24.3 Å². The second-order valence-corrected chi connectivity index (χ2v) is 7.08. The first-order chi connectivity index (χ1) is 13.2. The van der Waals surface area contributed by atoms with Crippen molar-refractivity contribution < 1.29 is 19.1 Å². The predicted octanol–water partition coefficient (Wildman–Crippen LogP) is 2.82. The fraction of sp³-hybridized carbons (Fsp3) is 0.300. The van der Waals surface area contributed by atoms with Gasteiger partial charge >= 0.3 is 0 Å². The third-order valence-corrected chi connectivity index (χ3v) is 5.01. The minimum Gasteiger partial charge on any atom is -0.497 e. The number of hydrogen-bond acceptors (Lipinski definition) is 5. The monoisotopic (exact) mass is 386 g/mol. The summed E-state index contributed by atoms with van der Waals surface area (Å²) < 4.78 is 10.6. The number of carbonyl (C=O) groups excluding carboxylic acids is 2. The first-order valence-electron chi connectivity index (χ1n) is 8.76. The van der Waals surface area contributed by atoms with E-state index in [-0.39, 0.29) is 23.6 Å². The third kappa shape index (κ3) is 5.42. The minimum absolute atomic E-state index is 0.0363. The van der Waals surface area contributed by atoms with Crippen LogP contribution in [0.5, 0.6) is 5.75 Å². The Morgan fingerprint density at radius 2 is 2.11 bits per heavy atom. The highest BCUT2D eigenvalue weighted by molar-refractivity contribution is 7.10. The second kappa shape index (κ2) is 9.34. The van der Waals surface area contributed by atoms with Crippen LogP contribution in [0, 0.1) is 0 Å². The second-order valence-electron chi connectivity index (χ2n) is 6.10. The molecule has 6 nitrogen and oxygen atoms in total. The summed E-state index contributed by atoms with van der Waals surface area (Å²) in [5, 5.41) is 7.48. The molecule has 3 rings (SSSR count). The molecule has 2 amide bonds. The molecule has 1 aromatic carbocycles. The standard InChI is InChI=1S/C20H22N2O4S/c1-25-15-8-6-14(7-9-15)19(23)22-18(12-17-5-3-11-27-17)20(24)21-13-16-4-2-10-26-16/h3,5-9,11-12,16H,2,4,10,13H2,1H3,(H,21,24)(H,22,23)/b18-12-. The van der Waals surface area contributed by atoms with Crippen LogP contribution in [-0.2, 0) is 9.53 Å². The topological polar surface area (TPSA) is 76.7 Å². The Morgan fingerprint density at radius 3 is 2.74 bits per heavy atom. The summed E-state index contributed by atoms with van der Waals surface area (Å²) in [6.45, 7) is 1.16. The van der Waals surface area contributed by atoms with Crippen molar-refractivity contribution >= 4 is 29.2 Å². The van der Waals surface area contributed by atoms with Crippen molar-refractivity contribution in [2.45, 2.75) is 18.9 Å². The molecule has 2 heterocycles. The summed E-state index contributed by atoms with van der Waals surface area (Å²) in [4.78, 5) is 26.1. The predicted molar refractivity (Wildman–Crippen MR) is 105 cm³/mol. The lowest BCUT2D eigenvalue weighted by Crippen LogP contribution is -2.38. The Balaban J connectivity index is 1.70. The Kier molecular flexibility index (Phi) is 6.62. The number of nitrogens with one attached hydrogen (secondary N) is 2. The maximum atomic E-state index is 12.6. The van der Waals surface area contributed by atoms with Gasteiger partial charge in [0.2, 0.25) is 0 Å². The number of carbonyl (C=O) groups is 2. The van der Waals surface area contributed by atoms with Crippen molar-refractivity contribution in [3.8, 4) is 5.75 Å². The average molecular weight is 386 g/mol. The lowest BCUT2D eigenvalue weighted by atomic mass is 10.2. The van der Waals surface area contributed by atoms with E-state index >= 15 is 0 Å². The van der Waals surface area contributed by atoms with E-state index in [1.54, 1.807) is 37.5 Å². The van der Waals surface area contributed by atoms with Crippen LogP contribution >= 0.6 is 11.3 Å². The summed E-state index contributed by atoms with van der Waals surface area (Å²) in [7, 11) is 1.56. The number of hydrogen-bond donors (Lipinski definition) is 2. The van der Waals surface area contributed by atoms with Gasteiger partial charge < -0.3 is 20.1 Å². The van der Waals surface area contributed by atoms with Crippen molar-refractivity contribution in [1.82, 2.24) is 10.6 Å². The highest BCUT2D eigenvalue weighted by atomic mass is 32.1. The maximum absolute atomic E-state index is 12.6. The van der Waals surface area contributed by atoms with Crippen LogP contribution in [0.15, 0.2) is 47.5 Å².